The highest BCUT2D eigenvalue weighted by Gasteiger charge is 2.28. The Balaban J connectivity index is 1.72. The molecule has 120 valence electrons. The van der Waals surface area contributed by atoms with Crippen molar-refractivity contribution in [2.45, 2.75) is 32.6 Å². The van der Waals surface area contributed by atoms with Crippen LogP contribution in [0.15, 0.2) is 0 Å². The molecule has 0 spiro atoms. The first-order chi connectivity index (χ1) is 10.1. The average Bonchev–Trinajstić information content (AvgIpc) is 2.53. The van der Waals surface area contributed by atoms with Crippen molar-refractivity contribution in [1.29, 1.82) is 0 Å². The molecule has 6 nitrogen and oxygen atoms in total. The van der Waals surface area contributed by atoms with Crippen molar-refractivity contribution in [1.82, 2.24) is 14.7 Å². The Hall–Kier alpha value is -1.30. The van der Waals surface area contributed by atoms with Crippen LogP contribution < -0.4 is 0 Å². The topological polar surface area (TPSA) is 64.1 Å². The molecule has 21 heavy (non-hydrogen) atoms. The van der Waals surface area contributed by atoms with Crippen molar-refractivity contribution >= 4 is 12.0 Å². The highest BCUT2D eigenvalue weighted by molar-refractivity contribution is 5.74. The second-order valence-electron chi connectivity index (χ2n) is 6.09. The number of piperidine rings is 1. The van der Waals surface area contributed by atoms with Crippen LogP contribution in [-0.2, 0) is 4.79 Å². The predicted molar refractivity (Wildman–Crippen MR) is 80.2 cm³/mol. The molecule has 2 aliphatic rings. The third-order valence-corrected chi connectivity index (χ3v) is 4.75. The Kier molecular flexibility index (Phi) is 5.85. The van der Waals surface area contributed by atoms with Gasteiger partial charge in [0.25, 0.3) is 0 Å². The van der Waals surface area contributed by atoms with Gasteiger partial charge in [-0.3, -0.25) is 9.69 Å². The summed E-state index contributed by atoms with van der Waals surface area (Å²) in [5.41, 5.74) is 0. The quantitative estimate of drug-likeness (QED) is 0.850. The van der Waals surface area contributed by atoms with Crippen LogP contribution in [0, 0.1) is 5.92 Å². The van der Waals surface area contributed by atoms with Gasteiger partial charge in [-0.05, 0) is 18.8 Å². The molecule has 2 rings (SSSR count). The van der Waals surface area contributed by atoms with Crippen molar-refractivity contribution in [2.24, 2.45) is 5.92 Å². The largest absolute Gasteiger partial charge is 0.481 e. The van der Waals surface area contributed by atoms with E-state index in [-0.39, 0.29) is 12.5 Å². The van der Waals surface area contributed by atoms with E-state index < -0.39 is 5.97 Å². The van der Waals surface area contributed by atoms with E-state index >= 15 is 0 Å². The molecule has 0 radical (unpaired) electrons. The molecule has 6 heteroatoms. The summed E-state index contributed by atoms with van der Waals surface area (Å²) in [7, 11) is 0. The Morgan fingerprint density at radius 1 is 1.00 bits per heavy atom. The van der Waals surface area contributed by atoms with Crippen molar-refractivity contribution in [3.63, 3.8) is 0 Å². The van der Waals surface area contributed by atoms with Gasteiger partial charge in [-0.15, -0.1) is 0 Å². The molecule has 0 aliphatic carbocycles. The Labute approximate surface area is 126 Å². The number of urea groups is 1. The van der Waals surface area contributed by atoms with E-state index in [9.17, 15) is 9.59 Å². The normalized spacial score (nSPS) is 21.6. The number of carboxylic acid groups (broad SMARTS) is 1. The molecule has 0 aromatic heterocycles. The molecule has 0 aromatic rings. The second kappa shape index (κ2) is 7.64. The van der Waals surface area contributed by atoms with Crippen LogP contribution in [0.5, 0.6) is 0 Å². The monoisotopic (exact) mass is 297 g/mol. The summed E-state index contributed by atoms with van der Waals surface area (Å²) in [6, 6.07) is 0.169. The zero-order valence-corrected chi connectivity index (χ0v) is 13.0. The zero-order valence-electron chi connectivity index (χ0n) is 13.0. The number of hydrogen-bond acceptors (Lipinski definition) is 3. The third kappa shape index (κ3) is 4.59. The van der Waals surface area contributed by atoms with Gasteiger partial charge in [0.05, 0.1) is 6.42 Å². The van der Waals surface area contributed by atoms with Crippen LogP contribution in [0.1, 0.15) is 32.6 Å². The maximum Gasteiger partial charge on any atom is 0.320 e. The molecule has 0 atom stereocenters. The maximum atomic E-state index is 12.5. The smallest absolute Gasteiger partial charge is 0.320 e. The Morgan fingerprint density at radius 3 is 2.10 bits per heavy atom. The first-order valence-corrected chi connectivity index (χ1v) is 8.08. The number of carboxylic acids is 1. The van der Waals surface area contributed by atoms with Crippen LogP contribution in [0.2, 0.25) is 0 Å². The summed E-state index contributed by atoms with van der Waals surface area (Å²) in [6.45, 7) is 7.57. The van der Waals surface area contributed by atoms with Crippen molar-refractivity contribution in [3.05, 3.63) is 0 Å². The molecule has 2 heterocycles. The summed E-state index contributed by atoms with van der Waals surface area (Å²) in [6.07, 6.45) is 3.64. The Bertz CT molecular complexity index is 359. The van der Waals surface area contributed by atoms with Gasteiger partial charge in [0.1, 0.15) is 0 Å². The van der Waals surface area contributed by atoms with Crippen molar-refractivity contribution in [3.8, 4) is 0 Å². The van der Waals surface area contributed by atoms with Gasteiger partial charge in [-0.1, -0.05) is 13.3 Å². The molecule has 2 amide bonds. The van der Waals surface area contributed by atoms with Crippen molar-refractivity contribution in [2.75, 3.05) is 45.8 Å². The van der Waals surface area contributed by atoms with Gasteiger partial charge in [0, 0.05) is 45.8 Å². The number of hydrogen-bond donors (Lipinski definition) is 1. The number of likely N-dealkylation sites (tertiary alicyclic amines) is 1. The number of aliphatic carboxylic acids is 1. The number of carbonyl (C=O) groups is 2. The molecule has 0 bridgehead atoms. The molecule has 2 fully saturated rings. The van der Waals surface area contributed by atoms with Crippen LogP contribution in [-0.4, -0.2) is 77.6 Å². The SMILES string of the molecule is CCC1CCN(C(=O)N2CCN(CCC(=O)O)CC2)CC1. The van der Waals surface area contributed by atoms with Crippen LogP contribution in [0.3, 0.4) is 0 Å². The first-order valence-electron chi connectivity index (χ1n) is 8.08. The van der Waals surface area contributed by atoms with E-state index in [0.717, 1.165) is 44.9 Å². The van der Waals surface area contributed by atoms with Gasteiger partial charge in [0.15, 0.2) is 0 Å². The standard InChI is InChI=1S/C15H27N3O3/c1-2-13-3-7-17(8-4-13)15(21)18-11-9-16(10-12-18)6-5-14(19)20/h13H,2-12H2,1H3,(H,19,20). The van der Waals surface area contributed by atoms with E-state index in [1.54, 1.807) is 0 Å². The fourth-order valence-corrected chi connectivity index (χ4v) is 3.15. The summed E-state index contributed by atoms with van der Waals surface area (Å²) in [5.74, 6) is 0.0224. The molecular weight excluding hydrogens is 270 g/mol. The van der Waals surface area contributed by atoms with Crippen molar-refractivity contribution < 1.29 is 14.7 Å². The van der Waals surface area contributed by atoms with E-state index in [1.807, 2.05) is 9.80 Å². The van der Waals surface area contributed by atoms with E-state index in [0.29, 0.717) is 19.6 Å². The maximum absolute atomic E-state index is 12.5. The molecule has 0 unspecified atom stereocenters. The highest BCUT2D eigenvalue weighted by atomic mass is 16.4. The molecular formula is C15H27N3O3. The fraction of sp³-hybridized carbons (Fsp3) is 0.867. The lowest BCUT2D eigenvalue weighted by atomic mass is 9.95. The highest BCUT2D eigenvalue weighted by Crippen LogP contribution is 2.21. The number of amides is 2. The minimum absolute atomic E-state index is 0.169. The Morgan fingerprint density at radius 2 is 1.57 bits per heavy atom. The van der Waals surface area contributed by atoms with Crippen LogP contribution in [0.4, 0.5) is 4.79 Å². The molecule has 1 N–H and O–H groups in total. The van der Waals surface area contributed by atoms with Gasteiger partial charge in [0.2, 0.25) is 0 Å². The summed E-state index contributed by atoms with van der Waals surface area (Å²) >= 11 is 0. The number of nitrogens with zero attached hydrogens (tertiary/aromatic N) is 3. The molecule has 0 aromatic carbocycles. The molecule has 2 saturated heterocycles. The molecule has 0 saturated carbocycles. The summed E-state index contributed by atoms with van der Waals surface area (Å²) in [5, 5.41) is 8.70. The molecule has 2 aliphatic heterocycles. The van der Waals surface area contributed by atoms with E-state index in [4.69, 9.17) is 5.11 Å². The summed E-state index contributed by atoms with van der Waals surface area (Å²) < 4.78 is 0. The lowest BCUT2D eigenvalue weighted by molar-refractivity contribution is -0.137. The van der Waals surface area contributed by atoms with E-state index in [2.05, 4.69) is 11.8 Å². The van der Waals surface area contributed by atoms with Crippen LogP contribution >= 0.6 is 0 Å². The minimum Gasteiger partial charge on any atom is -0.481 e. The van der Waals surface area contributed by atoms with Crippen LogP contribution in [0.25, 0.3) is 0 Å². The van der Waals surface area contributed by atoms with E-state index in [1.165, 1.54) is 6.42 Å². The second-order valence-corrected chi connectivity index (χ2v) is 6.09. The zero-order chi connectivity index (χ0) is 15.2. The van der Waals surface area contributed by atoms with Gasteiger partial charge >= 0.3 is 12.0 Å². The lowest BCUT2D eigenvalue weighted by Crippen LogP contribution is -2.54. The number of rotatable bonds is 4. The average molecular weight is 297 g/mol. The number of carbonyl (C=O) groups excluding carboxylic acids is 1. The predicted octanol–water partition coefficient (Wildman–Crippen LogP) is 1.32. The van der Waals surface area contributed by atoms with Gasteiger partial charge in [-0.25, -0.2) is 4.79 Å². The number of piperazine rings is 1. The fourth-order valence-electron chi connectivity index (χ4n) is 3.15. The lowest BCUT2D eigenvalue weighted by Gasteiger charge is -2.39. The van der Waals surface area contributed by atoms with Gasteiger partial charge < -0.3 is 14.9 Å². The van der Waals surface area contributed by atoms with Gasteiger partial charge in [-0.2, -0.15) is 0 Å². The first kappa shape index (κ1) is 16.1. The summed E-state index contributed by atoms with van der Waals surface area (Å²) in [4.78, 5) is 29.1. The third-order valence-electron chi connectivity index (χ3n) is 4.75. The minimum atomic E-state index is -0.757.